The summed E-state index contributed by atoms with van der Waals surface area (Å²) in [7, 11) is 1.59. The van der Waals surface area contributed by atoms with Crippen molar-refractivity contribution in [2.75, 3.05) is 12.0 Å². The van der Waals surface area contributed by atoms with Gasteiger partial charge >= 0.3 is 0 Å². The number of nitrogens with one attached hydrogen (secondary N) is 1. The number of hydrogen-bond donors (Lipinski definition) is 1. The molecule has 0 aliphatic carbocycles. The van der Waals surface area contributed by atoms with Crippen molar-refractivity contribution in [3.05, 3.63) is 102 Å². The molecule has 1 fully saturated rings. The molecule has 0 unspecified atom stereocenters. The number of ether oxygens (including phenoxy) is 1. The summed E-state index contributed by atoms with van der Waals surface area (Å²) in [5, 5.41) is 4.51. The maximum atomic E-state index is 6.44. The lowest BCUT2D eigenvalue weighted by molar-refractivity contribution is 0.415. The molecule has 7 heteroatoms. The van der Waals surface area contributed by atoms with Crippen LogP contribution in [0.1, 0.15) is 23.5 Å². The monoisotopic (exact) mass is 461 g/mol. The van der Waals surface area contributed by atoms with Gasteiger partial charge in [0.2, 0.25) is 0 Å². The maximum absolute atomic E-state index is 6.44. The van der Waals surface area contributed by atoms with E-state index in [-0.39, 0.29) is 12.1 Å². The van der Waals surface area contributed by atoms with Gasteiger partial charge < -0.3 is 19.4 Å². The van der Waals surface area contributed by atoms with Gasteiger partial charge in [-0.15, -0.1) is 0 Å². The first-order valence-electron chi connectivity index (χ1n) is 10.1. The molecule has 0 spiro atoms. The van der Waals surface area contributed by atoms with Gasteiger partial charge in [0.1, 0.15) is 23.3 Å². The molecule has 1 aliphatic rings. The van der Waals surface area contributed by atoms with E-state index in [2.05, 4.69) is 10.3 Å². The van der Waals surface area contributed by atoms with Gasteiger partial charge in [0.05, 0.1) is 23.9 Å². The SMILES string of the molecule is COc1ccc(N2C(=S)N[C@@H](c3ccccn3)[C@H]2c2ccc(-c3ccccc3)o2)cc1Cl. The molecule has 0 amide bonds. The van der Waals surface area contributed by atoms with Crippen molar-refractivity contribution >= 4 is 34.6 Å². The molecule has 0 radical (unpaired) electrons. The summed E-state index contributed by atoms with van der Waals surface area (Å²) in [6.07, 6.45) is 1.78. The molecule has 160 valence electrons. The number of rotatable bonds is 5. The molecule has 2 aromatic carbocycles. The number of aromatic nitrogens is 1. The molecule has 5 nitrogen and oxygen atoms in total. The Hall–Kier alpha value is -3.35. The fourth-order valence-electron chi connectivity index (χ4n) is 4.00. The second-order valence-corrected chi connectivity index (χ2v) is 8.18. The Morgan fingerprint density at radius 3 is 2.56 bits per heavy atom. The van der Waals surface area contributed by atoms with Crippen molar-refractivity contribution in [3.8, 4) is 17.1 Å². The largest absolute Gasteiger partial charge is 0.495 e. The quantitative estimate of drug-likeness (QED) is 0.358. The van der Waals surface area contributed by atoms with Gasteiger partial charge in [0, 0.05) is 17.4 Å². The molecular weight excluding hydrogens is 442 g/mol. The lowest BCUT2D eigenvalue weighted by Gasteiger charge is -2.26. The third-order valence-corrected chi connectivity index (χ3v) is 6.10. The highest BCUT2D eigenvalue weighted by Crippen LogP contribution is 2.44. The molecule has 2 atom stereocenters. The molecule has 1 aliphatic heterocycles. The van der Waals surface area contributed by atoms with Gasteiger partial charge in [-0.2, -0.15) is 0 Å². The molecule has 1 N–H and O–H groups in total. The minimum Gasteiger partial charge on any atom is -0.495 e. The molecule has 0 bridgehead atoms. The standard InChI is InChI=1S/C25H20ClN3O2S/c1-30-21-11-10-17(15-18(21)26)29-24(23(28-25(29)32)19-9-5-6-14-27-19)22-13-12-20(31-22)16-7-3-2-4-8-16/h2-15,23-24H,1H3,(H,28,32)/t23-,24+/m0/s1. The van der Waals surface area contributed by atoms with E-state index in [4.69, 9.17) is 33.0 Å². The van der Waals surface area contributed by atoms with Crippen molar-refractivity contribution in [2.45, 2.75) is 12.1 Å². The minimum atomic E-state index is -0.251. The van der Waals surface area contributed by atoms with E-state index < -0.39 is 0 Å². The fourth-order valence-corrected chi connectivity index (χ4v) is 4.59. The summed E-state index contributed by atoms with van der Waals surface area (Å²) in [6.45, 7) is 0. The van der Waals surface area contributed by atoms with Crippen LogP contribution in [0.25, 0.3) is 11.3 Å². The zero-order valence-corrected chi connectivity index (χ0v) is 18.8. The van der Waals surface area contributed by atoms with Crippen LogP contribution in [0.15, 0.2) is 89.5 Å². The van der Waals surface area contributed by atoms with Crippen LogP contribution < -0.4 is 15.0 Å². The summed E-state index contributed by atoms with van der Waals surface area (Å²) in [6, 6.07) is 25.0. The van der Waals surface area contributed by atoms with Crippen LogP contribution in [0.2, 0.25) is 5.02 Å². The molecule has 5 rings (SSSR count). The van der Waals surface area contributed by atoms with Gasteiger partial charge in [0.25, 0.3) is 0 Å². The van der Waals surface area contributed by atoms with E-state index in [0.717, 1.165) is 28.5 Å². The highest BCUT2D eigenvalue weighted by molar-refractivity contribution is 7.80. The number of benzene rings is 2. The van der Waals surface area contributed by atoms with Gasteiger partial charge in [-0.05, 0) is 54.7 Å². The topological polar surface area (TPSA) is 50.5 Å². The van der Waals surface area contributed by atoms with Gasteiger partial charge in [-0.1, -0.05) is 48.0 Å². The number of furan rings is 1. The molecule has 3 heterocycles. The van der Waals surface area contributed by atoms with E-state index in [0.29, 0.717) is 15.9 Å². The molecule has 32 heavy (non-hydrogen) atoms. The highest BCUT2D eigenvalue weighted by atomic mass is 35.5. The molecular formula is C25H20ClN3O2S. The summed E-state index contributed by atoms with van der Waals surface area (Å²) in [4.78, 5) is 6.59. The van der Waals surface area contributed by atoms with E-state index in [1.165, 1.54) is 0 Å². The zero-order valence-electron chi connectivity index (χ0n) is 17.2. The van der Waals surface area contributed by atoms with E-state index in [1.54, 1.807) is 13.3 Å². The lowest BCUT2D eigenvalue weighted by atomic mass is 10.0. The second-order valence-electron chi connectivity index (χ2n) is 7.38. The Kier molecular flexibility index (Phi) is 5.55. The van der Waals surface area contributed by atoms with Gasteiger partial charge in [-0.25, -0.2) is 0 Å². The first kappa shape index (κ1) is 20.5. The van der Waals surface area contributed by atoms with Crippen LogP contribution in [0.5, 0.6) is 5.75 Å². The normalized spacial score (nSPS) is 17.9. The summed E-state index contributed by atoms with van der Waals surface area (Å²) >= 11 is 12.2. The molecule has 4 aromatic rings. The third kappa shape index (κ3) is 3.72. The van der Waals surface area contributed by atoms with Crippen LogP contribution in [0.3, 0.4) is 0 Å². The summed E-state index contributed by atoms with van der Waals surface area (Å²) in [5.41, 5.74) is 2.73. The number of thiocarbonyl (C=S) groups is 1. The lowest BCUT2D eigenvalue weighted by Crippen LogP contribution is -2.29. The van der Waals surface area contributed by atoms with Crippen molar-refractivity contribution in [3.63, 3.8) is 0 Å². The van der Waals surface area contributed by atoms with Crippen LogP contribution in [-0.2, 0) is 0 Å². The van der Waals surface area contributed by atoms with E-state index in [1.807, 2.05) is 83.8 Å². The third-order valence-electron chi connectivity index (χ3n) is 5.49. The number of methoxy groups -OCH3 is 1. The van der Waals surface area contributed by atoms with Gasteiger partial charge in [-0.3, -0.25) is 4.98 Å². The predicted octanol–water partition coefficient (Wildman–Crippen LogP) is 6.18. The number of anilines is 1. The zero-order chi connectivity index (χ0) is 22.1. The predicted molar refractivity (Wildman–Crippen MR) is 130 cm³/mol. The first-order chi connectivity index (χ1) is 15.7. The van der Waals surface area contributed by atoms with Crippen LogP contribution in [-0.4, -0.2) is 17.2 Å². The Bertz CT molecular complexity index is 1250. The smallest absolute Gasteiger partial charge is 0.174 e. The Morgan fingerprint density at radius 1 is 1.03 bits per heavy atom. The molecule has 1 saturated heterocycles. The number of nitrogens with zero attached hydrogens (tertiary/aromatic N) is 2. The van der Waals surface area contributed by atoms with Crippen molar-refractivity contribution in [2.24, 2.45) is 0 Å². The average Bonchev–Trinajstić information content (AvgIpc) is 3.45. The minimum absolute atomic E-state index is 0.195. The second kappa shape index (κ2) is 8.65. The van der Waals surface area contributed by atoms with E-state index >= 15 is 0 Å². The average molecular weight is 462 g/mol. The first-order valence-corrected chi connectivity index (χ1v) is 10.9. The van der Waals surface area contributed by atoms with Crippen molar-refractivity contribution in [1.82, 2.24) is 10.3 Å². The molecule has 0 saturated carbocycles. The fraction of sp³-hybridized carbons (Fsp3) is 0.120. The van der Waals surface area contributed by atoms with Crippen molar-refractivity contribution < 1.29 is 9.15 Å². The number of halogens is 1. The van der Waals surface area contributed by atoms with Crippen LogP contribution in [0.4, 0.5) is 5.69 Å². The Morgan fingerprint density at radius 2 is 1.84 bits per heavy atom. The highest BCUT2D eigenvalue weighted by Gasteiger charge is 2.42. The summed E-state index contributed by atoms with van der Waals surface area (Å²) in [5.74, 6) is 2.18. The Balaban J connectivity index is 1.60. The van der Waals surface area contributed by atoms with Gasteiger partial charge in [0.15, 0.2) is 5.11 Å². The number of hydrogen-bond acceptors (Lipinski definition) is 4. The van der Waals surface area contributed by atoms with Crippen molar-refractivity contribution in [1.29, 1.82) is 0 Å². The summed E-state index contributed by atoms with van der Waals surface area (Å²) < 4.78 is 11.7. The molecule has 2 aromatic heterocycles. The maximum Gasteiger partial charge on any atom is 0.174 e. The van der Waals surface area contributed by atoms with Crippen LogP contribution in [0, 0.1) is 0 Å². The van der Waals surface area contributed by atoms with Crippen LogP contribution >= 0.6 is 23.8 Å². The Labute approximate surface area is 196 Å². The number of pyridine rings is 1. The van der Waals surface area contributed by atoms with E-state index in [9.17, 15) is 0 Å².